The molecule has 6 heteroatoms. The Balaban J connectivity index is 1.77. The first kappa shape index (κ1) is 22.3. The average molecular weight is 421 g/mol. The number of rotatable bonds is 7. The first-order chi connectivity index (χ1) is 13.7. The molecule has 5 nitrogen and oxygen atoms in total. The van der Waals surface area contributed by atoms with Crippen LogP contribution in [0.25, 0.3) is 0 Å². The van der Waals surface area contributed by atoms with E-state index in [4.69, 9.17) is 0 Å². The number of hydrogen-bond donors (Lipinski definition) is 0. The Morgan fingerprint density at radius 2 is 1.79 bits per heavy atom. The molecular formula is C23H36N2O3S. The number of hydrogen-bond acceptors (Lipinski definition) is 3. The van der Waals surface area contributed by atoms with Gasteiger partial charge in [-0.1, -0.05) is 38.1 Å². The van der Waals surface area contributed by atoms with Crippen molar-refractivity contribution in [3.63, 3.8) is 0 Å². The molecule has 162 valence electrons. The summed E-state index contributed by atoms with van der Waals surface area (Å²) in [6.07, 6.45) is 3.20. The first-order valence-corrected chi connectivity index (χ1v) is 12.7. The van der Waals surface area contributed by atoms with Gasteiger partial charge < -0.3 is 4.90 Å². The van der Waals surface area contributed by atoms with Gasteiger partial charge in [0, 0.05) is 32.6 Å². The van der Waals surface area contributed by atoms with Crippen LogP contribution in [0.4, 0.5) is 0 Å². The van der Waals surface area contributed by atoms with Crippen LogP contribution in [-0.2, 0) is 20.2 Å². The molecule has 0 aromatic heterocycles. The third-order valence-electron chi connectivity index (χ3n) is 6.76. The van der Waals surface area contributed by atoms with Crippen molar-refractivity contribution in [2.45, 2.75) is 64.7 Å². The van der Waals surface area contributed by atoms with Gasteiger partial charge in [0.15, 0.2) is 0 Å². The molecular weight excluding hydrogens is 384 g/mol. The lowest BCUT2D eigenvalue weighted by Gasteiger charge is -2.40. The third-order valence-corrected chi connectivity index (χ3v) is 9.00. The average Bonchev–Trinajstić information content (AvgIpc) is 2.95. The van der Waals surface area contributed by atoms with E-state index in [9.17, 15) is 13.2 Å². The summed E-state index contributed by atoms with van der Waals surface area (Å²) in [4.78, 5) is 14.7. The predicted molar refractivity (Wildman–Crippen MR) is 117 cm³/mol. The minimum atomic E-state index is -3.18. The second-order valence-corrected chi connectivity index (χ2v) is 11.1. The molecule has 1 heterocycles. The maximum absolute atomic E-state index is 12.8. The first-order valence-electron chi connectivity index (χ1n) is 11.1. The predicted octanol–water partition coefficient (Wildman–Crippen LogP) is 3.75. The summed E-state index contributed by atoms with van der Waals surface area (Å²) in [5.41, 5.74) is 2.65. The standard InChI is InChI=1S/C23H36N2O3S/c1-5-24(6-2)22(26)15-19-16-23(21-10-8-7-9-20(19)21)11-13-25(14-12-23)29(27,28)17-18(3)4/h7-10,18-19H,5-6,11-17H2,1-4H3/t19-/m0/s1. The molecule has 1 aromatic carbocycles. The Labute approximate surface area is 176 Å². The van der Waals surface area contributed by atoms with Crippen molar-refractivity contribution in [3.05, 3.63) is 35.4 Å². The van der Waals surface area contributed by atoms with Gasteiger partial charge in [-0.25, -0.2) is 12.7 Å². The fourth-order valence-corrected chi connectivity index (χ4v) is 7.11. The van der Waals surface area contributed by atoms with Gasteiger partial charge >= 0.3 is 0 Å². The Hall–Kier alpha value is -1.40. The van der Waals surface area contributed by atoms with E-state index >= 15 is 0 Å². The number of benzene rings is 1. The zero-order chi connectivity index (χ0) is 21.2. The van der Waals surface area contributed by atoms with Crippen molar-refractivity contribution in [2.75, 3.05) is 31.9 Å². The SMILES string of the molecule is CCN(CC)C(=O)C[C@H]1CC2(CCN(S(=O)(=O)CC(C)C)CC2)c2ccccc21. The summed E-state index contributed by atoms with van der Waals surface area (Å²) in [5.74, 6) is 0.817. The molecule has 1 saturated heterocycles. The largest absolute Gasteiger partial charge is 0.343 e. The van der Waals surface area contributed by atoms with Crippen LogP contribution in [0.15, 0.2) is 24.3 Å². The summed E-state index contributed by atoms with van der Waals surface area (Å²) < 4.78 is 27.0. The molecule has 1 aliphatic heterocycles. The van der Waals surface area contributed by atoms with Crippen LogP contribution in [0, 0.1) is 5.92 Å². The van der Waals surface area contributed by atoms with E-state index in [2.05, 4.69) is 24.3 Å². The molecule has 1 aromatic rings. The summed E-state index contributed by atoms with van der Waals surface area (Å²) in [6.45, 7) is 10.6. The van der Waals surface area contributed by atoms with E-state index in [1.807, 2.05) is 32.6 Å². The molecule has 1 spiro atoms. The van der Waals surface area contributed by atoms with Crippen molar-refractivity contribution in [1.29, 1.82) is 0 Å². The molecule has 0 N–H and O–H groups in total. The zero-order valence-electron chi connectivity index (χ0n) is 18.4. The van der Waals surface area contributed by atoms with Crippen LogP contribution in [0.1, 0.15) is 70.4 Å². The van der Waals surface area contributed by atoms with Crippen LogP contribution in [0.3, 0.4) is 0 Å². The molecule has 0 radical (unpaired) electrons. The maximum atomic E-state index is 12.8. The number of sulfonamides is 1. The normalized spacial score (nSPS) is 21.5. The molecule has 1 atom stereocenters. The Morgan fingerprint density at radius 3 is 2.38 bits per heavy atom. The summed E-state index contributed by atoms with van der Waals surface area (Å²) in [6, 6.07) is 8.52. The molecule has 1 fully saturated rings. The molecule has 0 saturated carbocycles. The van der Waals surface area contributed by atoms with Gasteiger partial charge in [0.2, 0.25) is 15.9 Å². The van der Waals surface area contributed by atoms with Gasteiger partial charge in [0.05, 0.1) is 5.75 Å². The van der Waals surface area contributed by atoms with Gasteiger partial charge in [-0.3, -0.25) is 4.79 Å². The molecule has 1 amide bonds. The molecule has 29 heavy (non-hydrogen) atoms. The van der Waals surface area contributed by atoms with Crippen molar-refractivity contribution < 1.29 is 13.2 Å². The molecule has 3 rings (SSSR count). The van der Waals surface area contributed by atoms with Crippen LogP contribution in [0.2, 0.25) is 0 Å². The maximum Gasteiger partial charge on any atom is 0.223 e. The Kier molecular flexibility index (Phi) is 6.74. The third kappa shape index (κ3) is 4.53. The van der Waals surface area contributed by atoms with Gasteiger partial charge in [-0.15, -0.1) is 0 Å². The van der Waals surface area contributed by atoms with Crippen molar-refractivity contribution in [3.8, 4) is 0 Å². The number of carbonyl (C=O) groups is 1. The number of nitrogens with zero attached hydrogens (tertiary/aromatic N) is 2. The lowest BCUT2D eigenvalue weighted by atomic mass is 9.73. The quantitative estimate of drug-likeness (QED) is 0.675. The lowest BCUT2D eigenvalue weighted by Crippen LogP contribution is -2.45. The van der Waals surface area contributed by atoms with E-state index in [1.165, 1.54) is 11.1 Å². The Bertz CT molecular complexity index is 822. The van der Waals surface area contributed by atoms with Crippen LogP contribution >= 0.6 is 0 Å². The monoisotopic (exact) mass is 420 g/mol. The van der Waals surface area contributed by atoms with Gasteiger partial charge in [0.25, 0.3) is 0 Å². The summed E-state index contributed by atoms with van der Waals surface area (Å²) >= 11 is 0. The van der Waals surface area contributed by atoms with Crippen molar-refractivity contribution in [1.82, 2.24) is 9.21 Å². The zero-order valence-corrected chi connectivity index (χ0v) is 19.2. The number of carbonyl (C=O) groups excluding carboxylic acids is 1. The molecule has 1 aliphatic carbocycles. The highest BCUT2D eigenvalue weighted by Gasteiger charge is 2.47. The van der Waals surface area contributed by atoms with E-state index in [1.54, 1.807) is 4.31 Å². The lowest BCUT2D eigenvalue weighted by molar-refractivity contribution is -0.131. The smallest absolute Gasteiger partial charge is 0.223 e. The number of amides is 1. The van der Waals surface area contributed by atoms with E-state index < -0.39 is 10.0 Å². The van der Waals surface area contributed by atoms with Crippen LogP contribution in [0.5, 0.6) is 0 Å². The summed E-state index contributed by atoms with van der Waals surface area (Å²) in [7, 11) is -3.18. The topological polar surface area (TPSA) is 57.7 Å². The van der Waals surface area contributed by atoms with Crippen molar-refractivity contribution >= 4 is 15.9 Å². The number of piperidine rings is 1. The second kappa shape index (κ2) is 8.76. The number of fused-ring (bicyclic) bond motifs is 2. The fourth-order valence-electron chi connectivity index (χ4n) is 5.32. The van der Waals surface area contributed by atoms with Gasteiger partial charge in [-0.2, -0.15) is 0 Å². The second-order valence-electron chi connectivity index (χ2n) is 9.11. The van der Waals surface area contributed by atoms with Gasteiger partial charge in [0.1, 0.15) is 0 Å². The van der Waals surface area contributed by atoms with E-state index in [-0.39, 0.29) is 28.9 Å². The Morgan fingerprint density at radius 1 is 1.17 bits per heavy atom. The van der Waals surface area contributed by atoms with Crippen LogP contribution in [-0.4, -0.2) is 55.5 Å². The van der Waals surface area contributed by atoms with Crippen molar-refractivity contribution in [2.24, 2.45) is 5.92 Å². The highest BCUT2D eigenvalue weighted by atomic mass is 32.2. The summed E-state index contributed by atoms with van der Waals surface area (Å²) in [5, 5.41) is 0. The molecule has 0 bridgehead atoms. The molecule has 0 unspecified atom stereocenters. The van der Waals surface area contributed by atoms with Gasteiger partial charge in [-0.05, 0) is 61.5 Å². The minimum Gasteiger partial charge on any atom is -0.343 e. The van der Waals surface area contributed by atoms with E-state index in [0.717, 1.165) is 32.4 Å². The minimum absolute atomic E-state index is 0.00858. The van der Waals surface area contributed by atoms with Crippen LogP contribution < -0.4 is 0 Å². The van der Waals surface area contributed by atoms with E-state index in [0.29, 0.717) is 19.5 Å². The fraction of sp³-hybridized carbons (Fsp3) is 0.696. The molecule has 2 aliphatic rings. The highest BCUT2D eigenvalue weighted by Crippen LogP contribution is 2.53. The highest BCUT2D eigenvalue weighted by molar-refractivity contribution is 7.89.